The van der Waals surface area contributed by atoms with E-state index in [1.54, 1.807) is 36.1 Å². The highest BCUT2D eigenvalue weighted by Gasteiger charge is 2.28. The summed E-state index contributed by atoms with van der Waals surface area (Å²) in [5.74, 6) is -0.472. The second kappa shape index (κ2) is 9.10. The van der Waals surface area contributed by atoms with Gasteiger partial charge in [-0.3, -0.25) is 9.59 Å². The number of piperazine rings is 1. The van der Waals surface area contributed by atoms with Crippen LogP contribution in [0.15, 0.2) is 64.2 Å². The van der Waals surface area contributed by atoms with Crippen molar-refractivity contribution in [3.8, 4) is 5.69 Å². The van der Waals surface area contributed by atoms with Crippen LogP contribution in [0.4, 0.5) is 0 Å². The maximum absolute atomic E-state index is 13.4. The third kappa shape index (κ3) is 4.24. The number of benzene rings is 2. The number of rotatable bonds is 4. The summed E-state index contributed by atoms with van der Waals surface area (Å²) in [5.41, 5.74) is -0.393. The molecule has 1 fully saturated rings. The minimum Gasteiger partial charge on any atom is -0.335 e. The Kier molecular flexibility index (Phi) is 6.25. The maximum atomic E-state index is 13.4. The van der Waals surface area contributed by atoms with Gasteiger partial charge < -0.3 is 9.80 Å². The topological polar surface area (TPSA) is 80.4 Å². The number of carbonyl (C=O) groups excluding carboxylic acids is 1. The Morgan fingerprint density at radius 1 is 0.969 bits per heavy atom. The molecule has 1 aliphatic rings. The lowest BCUT2D eigenvalue weighted by molar-refractivity contribution is 0.0652. The van der Waals surface area contributed by atoms with Gasteiger partial charge >= 0.3 is 5.69 Å². The number of hydrogen-bond acceptors (Lipinski definition) is 5. The van der Waals surface area contributed by atoms with Crippen molar-refractivity contribution in [2.75, 3.05) is 33.2 Å². The Bertz CT molecular complexity index is 1230. The molecule has 0 N–H and O–H groups in total. The van der Waals surface area contributed by atoms with E-state index in [2.05, 4.69) is 10.00 Å². The second-order valence-electron chi connectivity index (χ2n) is 7.88. The van der Waals surface area contributed by atoms with Crippen LogP contribution in [0, 0.1) is 0 Å². The lowest BCUT2D eigenvalue weighted by Crippen LogP contribution is -2.51. The summed E-state index contributed by atoms with van der Waals surface area (Å²) < 4.78 is 2.20. The quantitative estimate of drug-likeness (QED) is 0.604. The van der Waals surface area contributed by atoms with Crippen LogP contribution in [-0.4, -0.2) is 63.3 Å². The monoisotopic (exact) mass is 453 g/mol. The zero-order valence-corrected chi connectivity index (χ0v) is 18.7. The zero-order chi connectivity index (χ0) is 22.8. The molecule has 0 saturated carbocycles. The Balaban J connectivity index is 1.88. The first-order valence-corrected chi connectivity index (χ1v) is 10.8. The minimum atomic E-state index is -0.694. The smallest absolute Gasteiger partial charge is 0.335 e. The maximum Gasteiger partial charge on any atom is 0.352 e. The third-order valence-corrected chi connectivity index (χ3v) is 5.99. The van der Waals surface area contributed by atoms with Crippen molar-refractivity contribution in [1.29, 1.82) is 0 Å². The van der Waals surface area contributed by atoms with Crippen LogP contribution < -0.4 is 11.2 Å². The highest BCUT2D eigenvalue weighted by atomic mass is 35.5. The van der Waals surface area contributed by atoms with E-state index in [0.29, 0.717) is 36.9 Å². The molecule has 2 heterocycles. The second-order valence-corrected chi connectivity index (χ2v) is 8.31. The van der Waals surface area contributed by atoms with Gasteiger partial charge in [0.15, 0.2) is 0 Å². The van der Waals surface area contributed by atoms with Gasteiger partial charge in [-0.15, -0.1) is 0 Å². The summed E-state index contributed by atoms with van der Waals surface area (Å²) >= 11 is 5.99. The van der Waals surface area contributed by atoms with Crippen molar-refractivity contribution in [1.82, 2.24) is 24.1 Å². The van der Waals surface area contributed by atoms with Gasteiger partial charge in [-0.2, -0.15) is 9.78 Å². The molecule has 1 amide bonds. The van der Waals surface area contributed by atoms with Crippen LogP contribution in [0.5, 0.6) is 0 Å². The molecule has 1 unspecified atom stereocenters. The minimum absolute atomic E-state index is 0.271. The normalized spacial score (nSPS) is 15.5. The van der Waals surface area contributed by atoms with Crippen molar-refractivity contribution in [3.63, 3.8) is 0 Å². The molecule has 1 saturated heterocycles. The van der Waals surface area contributed by atoms with E-state index in [9.17, 15) is 14.4 Å². The van der Waals surface area contributed by atoms with E-state index in [0.717, 1.165) is 14.8 Å². The molecule has 9 heteroatoms. The van der Waals surface area contributed by atoms with Gasteiger partial charge in [0.2, 0.25) is 5.69 Å². The molecule has 1 atom stereocenters. The largest absolute Gasteiger partial charge is 0.352 e. The Hall–Kier alpha value is -3.23. The number of carbonyl (C=O) groups is 1. The SMILES string of the molecule is CC(c1ccccc1)n1c(=O)c(C(=O)N2CCN(C)CC2)nn(-c2ccc(Cl)cc2)c1=O. The standard InChI is InChI=1S/C23H24ClN5O3/c1-16(17-6-4-3-5-7-17)28-22(31)20(21(30)27-14-12-26(2)13-15-27)25-29(23(28)32)19-10-8-18(24)9-11-19/h3-11,16H,12-15H2,1-2H3. The van der Waals surface area contributed by atoms with E-state index in [4.69, 9.17) is 11.6 Å². The fourth-order valence-corrected chi connectivity index (χ4v) is 3.88. The number of likely N-dealkylation sites (N-methyl/N-ethyl adjacent to an activating group) is 1. The van der Waals surface area contributed by atoms with Crippen molar-refractivity contribution >= 4 is 17.5 Å². The molecule has 1 aliphatic heterocycles. The number of aromatic nitrogens is 3. The molecule has 3 aromatic rings. The predicted octanol–water partition coefficient (Wildman–Crippen LogP) is 2.04. The molecule has 0 spiro atoms. The number of hydrogen-bond donors (Lipinski definition) is 0. The van der Waals surface area contributed by atoms with Gasteiger partial charge in [-0.1, -0.05) is 41.9 Å². The van der Waals surface area contributed by atoms with Crippen LogP contribution in [0.1, 0.15) is 29.0 Å². The number of nitrogens with zero attached hydrogens (tertiary/aromatic N) is 5. The molecular weight excluding hydrogens is 430 g/mol. The number of halogens is 1. The van der Waals surface area contributed by atoms with Gasteiger partial charge in [0.05, 0.1) is 11.7 Å². The molecule has 0 bridgehead atoms. The van der Waals surface area contributed by atoms with Crippen molar-refractivity contribution in [2.45, 2.75) is 13.0 Å². The molecule has 8 nitrogen and oxygen atoms in total. The van der Waals surface area contributed by atoms with Gasteiger partial charge in [-0.25, -0.2) is 9.36 Å². The van der Waals surface area contributed by atoms with Crippen LogP contribution in [-0.2, 0) is 0 Å². The van der Waals surface area contributed by atoms with Gasteiger partial charge in [0.25, 0.3) is 11.5 Å². The van der Waals surface area contributed by atoms with Crippen LogP contribution in [0.3, 0.4) is 0 Å². The lowest BCUT2D eigenvalue weighted by atomic mass is 10.1. The molecular formula is C23H24ClN5O3. The predicted molar refractivity (Wildman–Crippen MR) is 123 cm³/mol. The van der Waals surface area contributed by atoms with Crippen molar-refractivity contribution in [3.05, 3.63) is 91.7 Å². The summed E-state index contributed by atoms with van der Waals surface area (Å²) in [6, 6.07) is 15.1. The number of amides is 1. The van der Waals surface area contributed by atoms with Crippen molar-refractivity contribution < 1.29 is 4.79 Å². The first-order valence-electron chi connectivity index (χ1n) is 10.4. The molecule has 32 heavy (non-hydrogen) atoms. The van der Waals surface area contributed by atoms with Crippen LogP contribution in [0.25, 0.3) is 5.69 Å². The van der Waals surface area contributed by atoms with Crippen molar-refractivity contribution in [2.24, 2.45) is 0 Å². The van der Waals surface area contributed by atoms with Gasteiger partial charge in [-0.05, 0) is 43.8 Å². The molecule has 2 aromatic carbocycles. The summed E-state index contributed by atoms with van der Waals surface area (Å²) in [4.78, 5) is 43.8. The Morgan fingerprint density at radius 2 is 1.59 bits per heavy atom. The summed E-state index contributed by atoms with van der Waals surface area (Å²) in [6.07, 6.45) is 0. The molecule has 4 rings (SSSR count). The summed E-state index contributed by atoms with van der Waals surface area (Å²) in [5, 5.41) is 4.73. The first-order chi connectivity index (χ1) is 15.4. The molecule has 0 radical (unpaired) electrons. The highest BCUT2D eigenvalue weighted by Crippen LogP contribution is 2.16. The Morgan fingerprint density at radius 3 is 2.22 bits per heavy atom. The zero-order valence-electron chi connectivity index (χ0n) is 17.9. The Labute approximate surface area is 190 Å². The average molecular weight is 454 g/mol. The van der Waals surface area contributed by atoms with E-state index >= 15 is 0 Å². The van der Waals surface area contributed by atoms with Gasteiger partial charge in [0, 0.05) is 31.2 Å². The van der Waals surface area contributed by atoms with Gasteiger partial charge in [0.1, 0.15) is 0 Å². The lowest BCUT2D eigenvalue weighted by Gasteiger charge is -2.32. The fourth-order valence-electron chi connectivity index (χ4n) is 3.75. The van der Waals surface area contributed by atoms with E-state index in [-0.39, 0.29) is 5.69 Å². The van der Waals surface area contributed by atoms with E-state index < -0.39 is 23.2 Å². The molecule has 0 aliphatic carbocycles. The van der Waals surface area contributed by atoms with E-state index in [1.165, 1.54) is 0 Å². The molecule has 166 valence electrons. The van der Waals surface area contributed by atoms with Crippen LogP contribution in [0.2, 0.25) is 5.02 Å². The van der Waals surface area contributed by atoms with E-state index in [1.807, 2.05) is 37.4 Å². The first kappa shape index (κ1) is 22.0. The summed E-state index contributed by atoms with van der Waals surface area (Å²) in [6.45, 7) is 4.15. The third-order valence-electron chi connectivity index (χ3n) is 5.74. The fraction of sp³-hybridized carbons (Fsp3) is 0.304. The average Bonchev–Trinajstić information content (AvgIpc) is 2.80. The molecule has 1 aromatic heterocycles. The summed E-state index contributed by atoms with van der Waals surface area (Å²) in [7, 11) is 1.98. The highest BCUT2D eigenvalue weighted by molar-refractivity contribution is 6.30. The van der Waals surface area contributed by atoms with Crippen LogP contribution >= 0.6 is 11.6 Å².